The minimum Gasteiger partial charge on any atom is -0.378 e. The molecule has 1 aliphatic carbocycles. The Morgan fingerprint density at radius 1 is 1.08 bits per heavy atom. The third kappa shape index (κ3) is 3.20. The molecule has 25 heavy (non-hydrogen) atoms. The summed E-state index contributed by atoms with van der Waals surface area (Å²) in [6.45, 7) is 0. The fraction of sp³-hybridized carbons (Fsp3) is 0.238. The Morgan fingerprint density at radius 2 is 1.80 bits per heavy atom. The van der Waals surface area contributed by atoms with Crippen molar-refractivity contribution in [1.82, 2.24) is 4.98 Å². The van der Waals surface area contributed by atoms with Gasteiger partial charge >= 0.3 is 0 Å². The summed E-state index contributed by atoms with van der Waals surface area (Å²) in [6.07, 6.45) is 2.33. The summed E-state index contributed by atoms with van der Waals surface area (Å²) in [5.41, 5.74) is 4.52. The van der Waals surface area contributed by atoms with Gasteiger partial charge in [0.15, 0.2) is 0 Å². The van der Waals surface area contributed by atoms with E-state index in [1.54, 1.807) is 0 Å². The summed E-state index contributed by atoms with van der Waals surface area (Å²) in [6, 6.07) is 17.7. The Morgan fingerprint density at radius 3 is 2.48 bits per heavy atom. The van der Waals surface area contributed by atoms with Crippen LogP contribution in [-0.4, -0.2) is 25.0 Å². The summed E-state index contributed by atoms with van der Waals surface area (Å²) in [5, 5.41) is 3.92. The number of aromatic nitrogens is 1. The Balaban J connectivity index is 1.67. The molecule has 1 N–H and O–H groups in total. The predicted molar refractivity (Wildman–Crippen MR) is 102 cm³/mol. The molecule has 1 heterocycles. The maximum absolute atomic E-state index is 12.9. The highest BCUT2D eigenvalue weighted by molar-refractivity contribution is 6.12. The molecule has 1 fully saturated rings. The summed E-state index contributed by atoms with van der Waals surface area (Å²) in [5.74, 6) is 0.425. The van der Waals surface area contributed by atoms with Crippen LogP contribution in [0.25, 0.3) is 10.9 Å². The number of hydrogen-bond acceptors (Lipinski definition) is 3. The summed E-state index contributed by atoms with van der Waals surface area (Å²) in [7, 11) is 3.99. The number of anilines is 2. The van der Waals surface area contributed by atoms with Gasteiger partial charge in [0.05, 0.1) is 11.1 Å². The van der Waals surface area contributed by atoms with E-state index in [-0.39, 0.29) is 5.91 Å². The molecule has 0 aliphatic heterocycles. The van der Waals surface area contributed by atoms with Crippen molar-refractivity contribution in [3.05, 3.63) is 65.9 Å². The zero-order valence-corrected chi connectivity index (χ0v) is 14.5. The molecule has 4 nitrogen and oxygen atoms in total. The molecule has 0 bridgehead atoms. The van der Waals surface area contributed by atoms with Gasteiger partial charge in [-0.25, -0.2) is 0 Å². The van der Waals surface area contributed by atoms with Crippen molar-refractivity contribution < 1.29 is 4.79 Å². The first kappa shape index (κ1) is 15.6. The molecule has 3 aromatic rings. The highest BCUT2D eigenvalue weighted by Gasteiger charge is 2.26. The van der Waals surface area contributed by atoms with E-state index in [9.17, 15) is 4.79 Å². The number of para-hydroxylation sites is 1. The van der Waals surface area contributed by atoms with Crippen LogP contribution in [0.4, 0.5) is 11.4 Å². The average Bonchev–Trinajstić information content (AvgIpc) is 3.46. The van der Waals surface area contributed by atoms with Gasteiger partial charge in [0, 0.05) is 42.5 Å². The van der Waals surface area contributed by atoms with Crippen LogP contribution in [0.15, 0.2) is 54.6 Å². The van der Waals surface area contributed by atoms with Crippen molar-refractivity contribution in [3.8, 4) is 0 Å². The fourth-order valence-corrected chi connectivity index (χ4v) is 3.01. The SMILES string of the molecule is CN(C)c1ccc(NC(=O)c2cc(C3CC3)nc3ccccc23)cc1. The van der Waals surface area contributed by atoms with Crippen LogP contribution in [0, 0.1) is 0 Å². The molecule has 0 atom stereocenters. The van der Waals surface area contributed by atoms with Crippen LogP contribution in [0.1, 0.15) is 34.8 Å². The second kappa shape index (κ2) is 6.20. The average molecular weight is 331 g/mol. The number of benzene rings is 2. The second-order valence-electron chi connectivity index (χ2n) is 6.78. The maximum Gasteiger partial charge on any atom is 0.256 e. The monoisotopic (exact) mass is 331 g/mol. The number of carbonyl (C=O) groups excluding carboxylic acids is 1. The van der Waals surface area contributed by atoms with Gasteiger partial charge in [-0.2, -0.15) is 0 Å². The van der Waals surface area contributed by atoms with Crippen molar-refractivity contribution in [2.75, 3.05) is 24.3 Å². The van der Waals surface area contributed by atoms with Crippen LogP contribution >= 0.6 is 0 Å². The van der Waals surface area contributed by atoms with Crippen molar-refractivity contribution >= 4 is 28.2 Å². The number of pyridine rings is 1. The number of rotatable bonds is 4. The molecular weight excluding hydrogens is 310 g/mol. The van der Waals surface area contributed by atoms with E-state index in [4.69, 9.17) is 4.98 Å². The standard InChI is InChI=1S/C21H21N3O/c1-24(2)16-11-9-15(10-12-16)22-21(25)18-13-20(14-7-8-14)23-19-6-4-3-5-17(18)19/h3-6,9-14H,7-8H2,1-2H3,(H,22,25). The second-order valence-corrected chi connectivity index (χ2v) is 6.78. The van der Waals surface area contributed by atoms with E-state index in [2.05, 4.69) is 5.32 Å². The van der Waals surface area contributed by atoms with E-state index >= 15 is 0 Å². The Hall–Kier alpha value is -2.88. The van der Waals surface area contributed by atoms with E-state index in [1.807, 2.05) is 73.6 Å². The molecule has 0 spiro atoms. The molecule has 4 heteroatoms. The van der Waals surface area contributed by atoms with Gasteiger partial charge in [-0.05, 0) is 49.2 Å². The van der Waals surface area contributed by atoms with Gasteiger partial charge in [-0.3, -0.25) is 9.78 Å². The van der Waals surface area contributed by atoms with E-state index in [1.165, 1.54) is 12.8 Å². The van der Waals surface area contributed by atoms with Crippen LogP contribution in [0.2, 0.25) is 0 Å². The van der Waals surface area contributed by atoms with Gasteiger partial charge in [-0.15, -0.1) is 0 Å². The molecule has 1 aromatic heterocycles. The third-order valence-electron chi connectivity index (χ3n) is 4.62. The molecule has 126 valence electrons. The van der Waals surface area contributed by atoms with E-state index < -0.39 is 0 Å². The molecule has 0 unspecified atom stereocenters. The Labute approximate surface area is 147 Å². The number of fused-ring (bicyclic) bond motifs is 1. The molecule has 4 rings (SSSR count). The lowest BCUT2D eigenvalue weighted by Crippen LogP contribution is -2.14. The summed E-state index contributed by atoms with van der Waals surface area (Å²) >= 11 is 0. The van der Waals surface area contributed by atoms with Crippen LogP contribution in [0.3, 0.4) is 0 Å². The van der Waals surface area contributed by atoms with Gasteiger partial charge < -0.3 is 10.2 Å². The van der Waals surface area contributed by atoms with Crippen LogP contribution < -0.4 is 10.2 Å². The lowest BCUT2D eigenvalue weighted by molar-refractivity contribution is 0.102. The number of nitrogens with zero attached hydrogens (tertiary/aromatic N) is 2. The third-order valence-corrected chi connectivity index (χ3v) is 4.62. The topological polar surface area (TPSA) is 45.2 Å². The number of carbonyl (C=O) groups is 1. The lowest BCUT2D eigenvalue weighted by Gasteiger charge is -2.14. The van der Waals surface area contributed by atoms with Gasteiger partial charge in [0.2, 0.25) is 0 Å². The predicted octanol–water partition coefficient (Wildman–Crippen LogP) is 4.43. The number of nitrogens with one attached hydrogen (secondary N) is 1. The Bertz CT molecular complexity index is 928. The fourth-order valence-electron chi connectivity index (χ4n) is 3.01. The van der Waals surface area contributed by atoms with Crippen LogP contribution in [-0.2, 0) is 0 Å². The van der Waals surface area contributed by atoms with Crippen molar-refractivity contribution in [3.63, 3.8) is 0 Å². The number of hydrogen-bond donors (Lipinski definition) is 1. The minimum atomic E-state index is -0.0851. The first-order valence-electron chi connectivity index (χ1n) is 8.60. The molecule has 1 amide bonds. The molecule has 1 aliphatic rings. The number of amides is 1. The normalized spacial score (nSPS) is 13.7. The van der Waals surface area contributed by atoms with E-state index in [0.717, 1.165) is 28.0 Å². The minimum absolute atomic E-state index is 0.0851. The van der Waals surface area contributed by atoms with E-state index in [0.29, 0.717) is 11.5 Å². The molecule has 0 saturated heterocycles. The van der Waals surface area contributed by atoms with Crippen molar-refractivity contribution in [2.24, 2.45) is 0 Å². The smallest absolute Gasteiger partial charge is 0.256 e. The van der Waals surface area contributed by atoms with Gasteiger partial charge in [0.1, 0.15) is 0 Å². The van der Waals surface area contributed by atoms with Crippen molar-refractivity contribution in [2.45, 2.75) is 18.8 Å². The summed E-state index contributed by atoms with van der Waals surface area (Å²) in [4.78, 5) is 19.7. The highest BCUT2D eigenvalue weighted by atomic mass is 16.1. The Kier molecular flexibility index (Phi) is 3.88. The van der Waals surface area contributed by atoms with Gasteiger partial charge in [0.25, 0.3) is 5.91 Å². The summed E-state index contributed by atoms with van der Waals surface area (Å²) < 4.78 is 0. The first-order chi connectivity index (χ1) is 12.1. The molecule has 0 radical (unpaired) electrons. The largest absolute Gasteiger partial charge is 0.378 e. The van der Waals surface area contributed by atoms with Crippen LogP contribution in [0.5, 0.6) is 0 Å². The first-order valence-corrected chi connectivity index (χ1v) is 8.60. The zero-order chi connectivity index (χ0) is 17.4. The molecular formula is C21H21N3O. The zero-order valence-electron chi connectivity index (χ0n) is 14.5. The maximum atomic E-state index is 12.9. The molecule has 1 saturated carbocycles. The van der Waals surface area contributed by atoms with Crippen molar-refractivity contribution in [1.29, 1.82) is 0 Å². The van der Waals surface area contributed by atoms with Gasteiger partial charge in [-0.1, -0.05) is 18.2 Å². The lowest BCUT2D eigenvalue weighted by atomic mass is 10.1. The molecule has 2 aromatic carbocycles. The highest BCUT2D eigenvalue weighted by Crippen LogP contribution is 2.40. The quantitative estimate of drug-likeness (QED) is 0.769.